The highest BCUT2D eigenvalue weighted by Gasteiger charge is 2.16. The first-order valence-electron chi connectivity index (χ1n) is 5.33. The Morgan fingerprint density at radius 1 is 1.44 bits per heavy atom. The second-order valence-corrected chi connectivity index (χ2v) is 3.83. The normalized spacial score (nSPS) is 11.0. The first-order chi connectivity index (χ1) is 8.47. The van der Waals surface area contributed by atoms with Crippen molar-refractivity contribution in [1.29, 1.82) is 0 Å². The van der Waals surface area contributed by atoms with Gasteiger partial charge in [0.1, 0.15) is 6.54 Å². The van der Waals surface area contributed by atoms with E-state index in [4.69, 9.17) is 5.11 Å². The van der Waals surface area contributed by atoms with Crippen LogP contribution in [0.5, 0.6) is 0 Å². The molecule has 0 amide bonds. The zero-order valence-electron chi connectivity index (χ0n) is 9.95. The zero-order chi connectivity index (χ0) is 13.4. The van der Waals surface area contributed by atoms with Crippen molar-refractivity contribution in [2.24, 2.45) is 7.05 Å². The van der Waals surface area contributed by atoms with E-state index in [0.717, 1.165) is 4.57 Å². The maximum Gasteiger partial charge on any atom is 0.332 e. The molecule has 0 radical (unpaired) electrons. The van der Waals surface area contributed by atoms with E-state index in [1.54, 1.807) is 6.92 Å². The molecule has 0 aromatic carbocycles. The van der Waals surface area contributed by atoms with Crippen molar-refractivity contribution in [3.05, 3.63) is 27.2 Å². The van der Waals surface area contributed by atoms with Crippen molar-refractivity contribution in [3.8, 4) is 0 Å². The molecule has 96 valence electrons. The van der Waals surface area contributed by atoms with E-state index in [1.165, 1.54) is 22.5 Å². The van der Waals surface area contributed by atoms with Crippen molar-refractivity contribution < 1.29 is 9.90 Å². The lowest BCUT2D eigenvalue weighted by Crippen LogP contribution is -2.38. The minimum atomic E-state index is -1.08. The van der Waals surface area contributed by atoms with Crippen LogP contribution in [0, 0.1) is 0 Å². The minimum Gasteiger partial charge on any atom is -0.480 e. The Labute approximate surface area is 101 Å². The number of aryl methyl sites for hydroxylation is 1. The number of hydrogen-bond acceptors (Lipinski definition) is 4. The number of rotatable bonds is 3. The van der Waals surface area contributed by atoms with Gasteiger partial charge in [0, 0.05) is 13.6 Å². The Bertz CT molecular complexity index is 737. The number of carbonyl (C=O) groups is 1. The molecule has 0 aliphatic carbocycles. The molecule has 0 saturated carbocycles. The molecule has 2 rings (SSSR count). The van der Waals surface area contributed by atoms with Crippen LogP contribution in [0.25, 0.3) is 11.2 Å². The summed E-state index contributed by atoms with van der Waals surface area (Å²) in [6.07, 6.45) is 1.26. The number of hydrogen-bond donors (Lipinski definition) is 1. The van der Waals surface area contributed by atoms with Crippen LogP contribution in [0.15, 0.2) is 15.9 Å². The molecule has 0 spiro atoms. The molecule has 0 aliphatic heterocycles. The molecule has 0 fully saturated rings. The zero-order valence-corrected chi connectivity index (χ0v) is 9.95. The molecule has 8 nitrogen and oxygen atoms in total. The van der Waals surface area contributed by atoms with Crippen LogP contribution in [0.4, 0.5) is 0 Å². The molecule has 8 heteroatoms. The number of aromatic nitrogens is 4. The number of imidazole rings is 1. The number of fused-ring (bicyclic) bond motifs is 1. The van der Waals surface area contributed by atoms with E-state index in [9.17, 15) is 14.4 Å². The number of carboxylic acid groups (broad SMARTS) is 1. The Kier molecular flexibility index (Phi) is 2.77. The molecule has 1 N–H and O–H groups in total. The van der Waals surface area contributed by atoms with E-state index >= 15 is 0 Å². The van der Waals surface area contributed by atoms with Gasteiger partial charge in [-0.1, -0.05) is 0 Å². The summed E-state index contributed by atoms with van der Waals surface area (Å²) in [4.78, 5) is 38.5. The minimum absolute atomic E-state index is 0.126. The fourth-order valence-electron chi connectivity index (χ4n) is 1.86. The Morgan fingerprint density at radius 3 is 2.67 bits per heavy atom. The maximum atomic E-state index is 12.0. The molecule has 0 unspecified atom stereocenters. The third-order valence-electron chi connectivity index (χ3n) is 2.72. The van der Waals surface area contributed by atoms with E-state index in [2.05, 4.69) is 4.98 Å². The van der Waals surface area contributed by atoms with Crippen LogP contribution in [0.1, 0.15) is 6.92 Å². The van der Waals surface area contributed by atoms with E-state index in [0.29, 0.717) is 6.54 Å². The maximum absolute atomic E-state index is 12.0. The lowest BCUT2D eigenvalue weighted by Gasteiger charge is -2.06. The lowest BCUT2D eigenvalue weighted by molar-refractivity contribution is -0.137. The van der Waals surface area contributed by atoms with Gasteiger partial charge >= 0.3 is 11.7 Å². The van der Waals surface area contributed by atoms with Crippen molar-refractivity contribution in [3.63, 3.8) is 0 Å². The van der Waals surface area contributed by atoms with Gasteiger partial charge in [0.05, 0.1) is 6.33 Å². The van der Waals surface area contributed by atoms with Gasteiger partial charge in [0.25, 0.3) is 5.56 Å². The topological polar surface area (TPSA) is 99.1 Å². The highest BCUT2D eigenvalue weighted by Crippen LogP contribution is 2.06. The van der Waals surface area contributed by atoms with Crippen molar-refractivity contribution in [1.82, 2.24) is 18.7 Å². The molecule has 2 aromatic heterocycles. The highest BCUT2D eigenvalue weighted by atomic mass is 16.4. The lowest BCUT2D eigenvalue weighted by atomic mass is 10.4. The van der Waals surface area contributed by atoms with Gasteiger partial charge in [-0.15, -0.1) is 0 Å². The largest absolute Gasteiger partial charge is 0.480 e. The molecule has 2 heterocycles. The van der Waals surface area contributed by atoms with Crippen molar-refractivity contribution >= 4 is 17.1 Å². The molecular weight excluding hydrogens is 240 g/mol. The summed E-state index contributed by atoms with van der Waals surface area (Å²) in [5, 5.41) is 8.76. The van der Waals surface area contributed by atoms with Gasteiger partial charge in [-0.05, 0) is 6.92 Å². The fraction of sp³-hybridized carbons (Fsp3) is 0.400. The second-order valence-electron chi connectivity index (χ2n) is 3.83. The second kappa shape index (κ2) is 4.13. The summed E-state index contributed by atoms with van der Waals surface area (Å²) < 4.78 is 3.51. The van der Waals surface area contributed by atoms with Crippen LogP contribution in [0.3, 0.4) is 0 Å². The Balaban J connectivity index is 2.90. The summed E-state index contributed by atoms with van der Waals surface area (Å²) in [6.45, 7) is 1.74. The molecule has 0 bridgehead atoms. The van der Waals surface area contributed by atoms with Gasteiger partial charge in [-0.25, -0.2) is 9.78 Å². The molecule has 0 atom stereocenters. The van der Waals surface area contributed by atoms with Gasteiger partial charge in [-0.2, -0.15) is 0 Å². The number of carboxylic acids is 1. The standard InChI is InChI=1S/C10H12N4O4/c1-3-14-8-7(9(17)12(2)10(14)18)13(5-11-8)4-6(15)16/h5H,3-4H2,1-2H3,(H,15,16). The number of aliphatic carboxylic acids is 1. The van der Waals surface area contributed by atoms with E-state index in [1.807, 2.05) is 0 Å². The summed E-state index contributed by atoms with van der Waals surface area (Å²) in [5.74, 6) is -1.08. The van der Waals surface area contributed by atoms with Gasteiger partial charge < -0.3 is 9.67 Å². The smallest absolute Gasteiger partial charge is 0.332 e. The predicted octanol–water partition coefficient (Wildman–Crippen LogP) is -0.999. The average molecular weight is 252 g/mol. The predicted molar refractivity (Wildman–Crippen MR) is 62.5 cm³/mol. The van der Waals surface area contributed by atoms with Crippen LogP contribution >= 0.6 is 0 Å². The summed E-state index contributed by atoms with van der Waals surface area (Å²) in [7, 11) is 1.36. The van der Waals surface area contributed by atoms with E-state index in [-0.39, 0.29) is 17.7 Å². The first-order valence-corrected chi connectivity index (χ1v) is 5.33. The molecular formula is C10H12N4O4. The molecule has 0 aliphatic rings. The van der Waals surface area contributed by atoms with Crippen LogP contribution in [-0.2, 0) is 24.9 Å². The van der Waals surface area contributed by atoms with Crippen molar-refractivity contribution in [2.75, 3.05) is 0 Å². The molecule has 0 saturated heterocycles. The summed E-state index contributed by atoms with van der Waals surface area (Å²) in [5.41, 5.74) is -0.665. The van der Waals surface area contributed by atoms with E-state index < -0.39 is 17.2 Å². The first kappa shape index (κ1) is 12.1. The summed E-state index contributed by atoms with van der Waals surface area (Å²) >= 11 is 0. The third-order valence-corrected chi connectivity index (χ3v) is 2.72. The van der Waals surface area contributed by atoms with Crippen LogP contribution in [-0.4, -0.2) is 29.8 Å². The number of nitrogens with zero attached hydrogens (tertiary/aromatic N) is 4. The van der Waals surface area contributed by atoms with Crippen molar-refractivity contribution in [2.45, 2.75) is 20.0 Å². The monoisotopic (exact) mass is 252 g/mol. The molecule has 18 heavy (non-hydrogen) atoms. The van der Waals surface area contributed by atoms with Gasteiger partial charge in [0.15, 0.2) is 11.2 Å². The Hall–Kier alpha value is -2.38. The van der Waals surface area contributed by atoms with Crippen LogP contribution < -0.4 is 11.2 Å². The van der Waals surface area contributed by atoms with Gasteiger partial charge in [0.2, 0.25) is 0 Å². The van der Waals surface area contributed by atoms with Crippen LogP contribution in [0.2, 0.25) is 0 Å². The fourth-order valence-corrected chi connectivity index (χ4v) is 1.86. The Morgan fingerprint density at radius 2 is 2.11 bits per heavy atom. The quantitative estimate of drug-likeness (QED) is 0.755. The van der Waals surface area contributed by atoms with Gasteiger partial charge in [-0.3, -0.25) is 18.7 Å². The third kappa shape index (κ3) is 1.62. The SMILES string of the molecule is CCn1c(=O)n(C)c(=O)c2c1ncn2CC(=O)O. The average Bonchev–Trinajstić information content (AvgIpc) is 2.70. The highest BCUT2D eigenvalue weighted by molar-refractivity contribution is 5.74. The summed E-state index contributed by atoms with van der Waals surface area (Å²) in [6, 6.07) is 0. The molecule has 2 aromatic rings.